The first kappa shape index (κ1) is 20.2. The van der Waals surface area contributed by atoms with Crippen molar-refractivity contribution in [1.82, 2.24) is 14.8 Å². The van der Waals surface area contributed by atoms with E-state index in [9.17, 15) is 26.7 Å². The van der Waals surface area contributed by atoms with Gasteiger partial charge in [-0.15, -0.1) is 0 Å². The Morgan fingerprint density at radius 3 is 2.38 bits per heavy atom. The summed E-state index contributed by atoms with van der Waals surface area (Å²) in [6, 6.07) is 5.11. The number of aryl methyl sites for hydroxylation is 1. The third-order valence-electron chi connectivity index (χ3n) is 3.96. The minimum Gasteiger partial charge on any atom is -0.493 e. The second kappa shape index (κ2) is 7.49. The van der Waals surface area contributed by atoms with E-state index in [1.165, 1.54) is 26.4 Å². The highest BCUT2D eigenvalue weighted by Crippen LogP contribution is 2.33. The number of anilines is 1. The number of ether oxygens (including phenoxy) is 1. The molecule has 0 saturated carbocycles. The molecule has 0 aliphatic heterocycles. The Morgan fingerprint density at radius 2 is 1.83 bits per heavy atom. The number of rotatable bonds is 4. The van der Waals surface area contributed by atoms with E-state index in [2.05, 4.69) is 15.4 Å². The fourth-order valence-electron chi connectivity index (χ4n) is 2.59. The van der Waals surface area contributed by atoms with Crippen molar-refractivity contribution in [2.45, 2.75) is 6.18 Å². The maximum atomic E-state index is 13.8. The van der Waals surface area contributed by atoms with Crippen LogP contribution in [0.4, 0.5) is 27.8 Å². The quantitative estimate of drug-likeness (QED) is 0.657. The molecule has 2 aromatic heterocycles. The van der Waals surface area contributed by atoms with Crippen LogP contribution in [0.2, 0.25) is 0 Å². The van der Waals surface area contributed by atoms with Crippen molar-refractivity contribution in [1.29, 1.82) is 0 Å². The van der Waals surface area contributed by atoms with E-state index in [1.807, 2.05) is 0 Å². The molecule has 2 heterocycles. The molecule has 0 spiro atoms. The number of hydrogen-bond donors (Lipinski definition) is 1. The van der Waals surface area contributed by atoms with E-state index in [-0.39, 0.29) is 22.8 Å². The monoisotopic (exact) mass is 412 g/mol. The highest BCUT2D eigenvalue weighted by atomic mass is 19.4. The highest BCUT2D eigenvalue weighted by Gasteiger charge is 2.34. The van der Waals surface area contributed by atoms with E-state index >= 15 is 0 Å². The number of alkyl halides is 3. The molecule has 3 aromatic rings. The second-order valence-electron chi connectivity index (χ2n) is 5.86. The first-order valence-electron chi connectivity index (χ1n) is 8.03. The van der Waals surface area contributed by atoms with E-state index in [4.69, 9.17) is 4.74 Å². The zero-order valence-electron chi connectivity index (χ0n) is 15.0. The average molecular weight is 412 g/mol. The fourth-order valence-corrected chi connectivity index (χ4v) is 2.59. The van der Waals surface area contributed by atoms with Crippen LogP contribution in [0.5, 0.6) is 5.75 Å². The summed E-state index contributed by atoms with van der Waals surface area (Å²) in [5.74, 6) is -3.41. The summed E-state index contributed by atoms with van der Waals surface area (Å²) >= 11 is 0. The average Bonchev–Trinajstić information content (AvgIpc) is 3.04. The predicted molar refractivity (Wildman–Crippen MR) is 92.3 cm³/mol. The largest absolute Gasteiger partial charge is 0.493 e. The molecule has 6 nitrogen and oxygen atoms in total. The Bertz CT molecular complexity index is 1060. The smallest absolute Gasteiger partial charge is 0.435 e. The van der Waals surface area contributed by atoms with Gasteiger partial charge in [0.25, 0.3) is 5.91 Å². The number of nitrogens with one attached hydrogen (secondary N) is 1. The zero-order valence-corrected chi connectivity index (χ0v) is 15.0. The van der Waals surface area contributed by atoms with Crippen molar-refractivity contribution in [2.24, 2.45) is 7.05 Å². The van der Waals surface area contributed by atoms with Crippen LogP contribution in [-0.4, -0.2) is 27.8 Å². The van der Waals surface area contributed by atoms with Crippen molar-refractivity contribution in [2.75, 3.05) is 12.4 Å². The topological polar surface area (TPSA) is 69.0 Å². The highest BCUT2D eigenvalue weighted by molar-refractivity contribution is 6.04. The van der Waals surface area contributed by atoms with Gasteiger partial charge in [-0.3, -0.25) is 9.48 Å². The molecule has 0 aliphatic carbocycles. The molecule has 0 bridgehead atoms. The number of halogens is 5. The molecular weight excluding hydrogens is 399 g/mol. The van der Waals surface area contributed by atoms with Gasteiger partial charge in [0.15, 0.2) is 17.3 Å². The summed E-state index contributed by atoms with van der Waals surface area (Å²) in [5, 5.41) is 5.64. The number of hydrogen-bond acceptors (Lipinski definition) is 4. The van der Waals surface area contributed by atoms with Gasteiger partial charge in [0, 0.05) is 18.8 Å². The maximum Gasteiger partial charge on any atom is 0.435 e. The minimum absolute atomic E-state index is 0.0256. The molecule has 0 atom stereocenters. The Hall–Kier alpha value is -3.50. The van der Waals surface area contributed by atoms with Gasteiger partial charge in [0.1, 0.15) is 17.2 Å². The molecular formula is C18H13F5N4O2. The van der Waals surface area contributed by atoms with Crippen molar-refractivity contribution in [3.63, 3.8) is 0 Å². The molecule has 1 N–H and O–H groups in total. The standard InChI is InChI=1S/C18H13F5N4O2/c1-27-12(7-14(26-27)18(21,22)23)9-6-13(29-2)16(24-8-9)25-17(28)15-10(19)4-3-5-11(15)20/h3-8H,1-2H3,(H,24,25,28). The van der Waals surface area contributed by atoms with Crippen LogP contribution in [0.1, 0.15) is 16.1 Å². The molecule has 3 rings (SSSR count). The van der Waals surface area contributed by atoms with E-state index < -0.39 is 35.0 Å². The van der Waals surface area contributed by atoms with Crippen molar-refractivity contribution < 1.29 is 31.5 Å². The van der Waals surface area contributed by atoms with Gasteiger partial charge in [-0.25, -0.2) is 13.8 Å². The molecule has 0 unspecified atom stereocenters. The third kappa shape index (κ3) is 4.03. The van der Waals surface area contributed by atoms with Crippen LogP contribution >= 0.6 is 0 Å². The minimum atomic E-state index is -4.62. The van der Waals surface area contributed by atoms with Gasteiger partial charge in [0.05, 0.1) is 12.8 Å². The number of aromatic nitrogens is 3. The summed E-state index contributed by atoms with van der Waals surface area (Å²) in [5.41, 5.74) is -1.56. The van der Waals surface area contributed by atoms with Crippen molar-refractivity contribution in [3.8, 4) is 17.0 Å². The molecule has 0 saturated heterocycles. The van der Waals surface area contributed by atoms with Gasteiger partial charge >= 0.3 is 6.18 Å². The molecule has 0 radical (unpaired) electrons. The Morgan fingerprint density at radius 1 is 1.17 bits per heavy atom. The molecule has 0 fully saturated rings. The number of carbonyl (C=O) groups excluding carboxylic acids is 1. The summed E-state index contributed by atoms with van der Waals surface area (Å²) in [7, 11) is 2.57. The first-order valence-corrected chi connectivity index (χ1v) is 8.03. The summed E-state index contributed by atoms with van der Waals surface area (Å²) in [6.07, 6.45) is -3.45. The van der Waals surface area contributed by atoms with Crippen LogP contribution in [0.3, 0.4) is 0 Å². The Labute approximate surface area is 160 Å². The number of pyridine rings is 1. The number of amides is 1. The van der Waals surface area contributed by atoms with Crippen LogP contribution in [0.15, 0.2) is 36.5 Å². The van der Waals surface area contributed by atoms with E-state index in [0.717, 1.165) is 28.9 Å². The number of carbonyl (C=O) groups is 1. The third-order valence-corrected chi connectivity index (χ3v) is 3.96. The van der Waals surface area contributed by atoms with Crippen LogP contribution in [0, 0.1) is 11.6 Å². The lowest BCUT2D eigenvalue weighted by Gasteiger charge is -2.12. The summed E-state index contributed by atoms with van der Waals surface area (Å²) in [6.45, 7) is 0. The zero-order chi connectivity index (χ0) is 21.3. The SMILES string of the molecule is COc1cc(-c2cc(C(F)(F)F)nn2C)cnc1NC(=O)c1c(F)cccc1F. The summed E-state index contributed by atoms with van der Waals surface area (Å²) in [4.78, 5) is 16.2. The van der Waals surface area contributed by atoms with Crippen LogP contribution in [-0.2, 0) is 13.2 Å². The maximum absolute atomic E-state index is 13.8. The molecule has 29 heavy (non-hydrogen) atoms. The normalized spacial score (nSPS) is 11.4. The lowest BCUT2D eigenvalue weighted by Crippen LogP contribution is -2.17. The van der Waals surface area contributed by atoms with Gasteiger partial charge < -0.3 is 10.1 Å². The van der Waals surface area contributed by atoms with Crippen LogP contribution < -0.4 is 10.1 Å². The molecule has 1 amide bonds. The van der Waals surface area contributed by atoms with Crippen LogP contribution in [0.25, 0.3) is 11.3 Å². The molecule has 152 valence electrons. The van der Waals surface area contributed by atoms with Gasteiger partial charge in [-0.1, -0.05) is 6.07 Å². The molecule has 0 aliphatic rings. The lowest BCUT2D eigenvalue weighted by molar-refractivity contribution is -0.141. The van der Waals surface area contributed by atoms with Gasteiger partial charge in [0.2, 0.25) is 0 Å². The van der Waals surface area contributed by atoms with Crippen molar-refractivity contribution >= 4 is 11.7 Å². The lowest BCUT2D eigenvalue weighted by atomic mass is 10.1. The fraction of sp³-hybridized carbons (Fsp3) is 0.167. The Kier molecular flexibility index (Phi) is 5.23. The summed E-state index contributed by atoms with van der Waals surface area (Å²) < 4.78 is 72.2. The van der Waals surface area contributed by atoms with Gasteiger partial charge in [-0.2, -0.15) is 18.3 Å². The van der Waals surface area contributed by atoms with E-state index in [0.29, 0.717) is 0 Å². The number of nitrogens with zero attached hydrogens (tertiary/aromatic N) is 3. The number of methoxy groups -OCH3 is 1. The van der Waals surface area contributed by atoms with Crippen molar-refractivity contribution in [3.05, 3.63) is 59.4 Å². The molecule has 1 aromatic carbocycles. The first-order chi connectivity index (χ1) is 13.6. The Balaban J connectivity index is 1.94. The van der Waals surface area contributed by atoms with E-state index in [1.54, 1.807) is 0 Å². The van der Waals surface area contributed by atoms with Gasteiger partial charge in [-0.05, 0) is 24.3 Å². The number of benzene rings is 1. The molecule has 11 heteroatoms. The predicted octanol–water partition coefficient (Wildman–Crippen LogP) is 4.04. The second-order valence-corrected chi connectivity index (χ2v) is 5.86.